The van der Waals surface area contributed by atoms with Crippen molar-refractivity contribution in [3.05, 3.63) is 46.8 Å². The number of ether oxygens (including phenoxy) is 2. The normalized spacial score (nSPS) is 10.4. The molecule has 0 saturated heterocycles. The largest absolute Gasteiger partial charge is 0.484 e. The van der Waals surface area contributed by atoms with Crippen LogP contribution < -0.4 is 15.8 Å². The third-order valence-corrected chi connectivity index (χ3v) is 3.82. The van der Waals surface area contributed by atoms with Gasteiger partial charge < -0.3 is 20.5 Å². The van der Waals surface area contributed by atoms with E-state index in [1.807, 2.05) is 0 Å². The van der Waals surface area contributed by atoms with Gasteiger partial charge in [-0.25, -0.2) is 4.79 Å². The van der Waals surface area contributed by atoms with Crippen LogP contribution in [0.5, 0.6) is 5.75 Å². The molecule has 0 radical (unpaired) electrons. The highest BCUT2D eigenvalue weighted by atomic mass is 32.1. The first-order chi connectivity index (χ1) is 11.9. The average Bonchev–Trinajstić information content (AvgIpc) is 3.01. The molecule has 2 amide bonds. The number of primary amides is 1. The summed E-state index contributed by atoms with van der Waals surface area (Å²) >= 11 is 1.20. The van der Waals surface area contributed by atoms with Crippen molar-refractivity contribution in [2.75, 3.05) is 11.9 Å². The maximum atomic E-state index is 11.9. The number of rotatable bonds is 7. The highest BCUT2D eigenvalue weighted by molar-refractivity contribution is 7.14. The Kier molecular flexibility index (Phi) is 6.13. The molecule has 1 aromatic carbocycles. The van der Waals surface area contributed by atoms with Crippen molar-refractivity contribution in [3.8, 4) is 5.75 Å². The summed E-state index contributed by atoms with van der Waals surface area (Å²) in [5.74, 6) is -1.02. The number of carbonyl (C=O) groups is 3. The van der Waals surface area contributed by atoms with Crippen molar-refractivity contribution in [1.29, 1.82) is 0 Å². The lowest BCUT2D eigenvalue weighted by atomic mass is 10.2. The van der Waals surface area contributed by atoms with Gasteiger partial charge in [-0.2, -0.15) is 0 Å². The summed E-state index contributed by atoms with van der Waals surface area (Å²) < 4.78 is 10.4. The summed E-state index contributed by atoms with van der Waals surface area (Å²) in [6, 6.07) is 7.80. The Morgan fingerprint density at radius 1 is 1.16 bits per heavy atom. The predicted octanol–water partition coefficient (Wildman–Crippen LogP) is 2.43. The van der Waals surface area contributed by atoms with Crippen LogP contribution >= 0.6 is 11.3 Å². The molecular formula is C17H18N2O5S. The second-order valence-electron chi connectivity index (χ2n) is 5.34. The zero-order valence-corrected chi connectivity index (χ0v) is 14.6. The van der Waals surface area contributed by atoms with E-state index in [0.29, 0.717) is 16.3 Å². The molecule has 1 aromatic heterocycles. The van der Waals surface area contributed by atoms with E-state index in [4.69, 9.17) is 15.2 Å². The number of carbonyl (C=O) groups excluding carboxylic acids is 3. The van der Waals surface area contributed by atoms with Gasteiger partial charge in [0.25, 0.3) is 11.8 Å². The lowest BCUT2D eigenvalue weighted by molar-refractivity contribution is -0.118. The van der Waals surface area contributed by atoms with E-state index in [1.54, 1.807) is 49.6 Å². The van der Waals surface area contributed by atoms with Crippen LogP contribution in [0.15, 0.2) is 35.7 Å². The Hall–Kier alpha value is -2.87. The molecule has 2 aromatic rings. The first-order valence-electron chi connectivity index (χ1n) is 7.48. The molecule has 0 saturated carbocycles. The van der Waals surface area contributed by atoms with Gasteiger partial charge in [-0.3, -0.25) is 9.59 Å². The van der Waals surface area contributed by atoms with Gasteiger partial charge in [0.05, 0.1) is 17.2 Å². The Morgan fingerprint density at radius 2 is 1.84 bits per heavy atom. The van der Waals surface area contributed by atoms with Gasteiger partial charge in [0.2, 0.25) is 0 Å². The van der Waals surface area contributed by atoms with E-state index >= 15 is 0 Å². The first kappa shape index (κ1) is 18.5. The summed E-state index contributed by atoms with van der Waals surface area (Å²) in [5.41, 5.74) is 5.87. The molecule has 8 heteroatoms. The Labute approximate surface area is 148 Å². The lowest BCUT2D eigenvalue weighted by Crippen LogP contribution is -2.21. The molecule has 0 unspecified atom stereocenters. The van der Waals surface area contributed by atoms with E-state index in [1.165, 1.54) is 11.3 Å². The number of hydrogen-bond donors (Lipinski definition) is 2. The minimum absolute atomic E-state index is 0.199. The van der Waals surface area contributed by atoms with Crippen LogP contribution in [0, 0.1) is 0 Å². The molecule has 1 heterocycles. The van der Waals surface area contributed by atoms with Crippen LogP contribution in [0.4, 0.5) is 5.00 Å². The third kappa shape index (κ3) is 5.32. The summed E-state index contributed by atoms with van der Waals surface area (Å²) in [7, 11) is 0. The van der Waals surface area contributed by atoms with Gasteiger partial charge >= 0.3 is 5.97 Å². The zero-order chi connectivity index (χ0) is 18.4. The first-order valence-corrected chi connectivity index (χ1v) is 8.35. The fraction of sp³-hybridized carbons (Fsp3) is 0.235. The molecule has 7 nitrogen and oxygen atoms in total. The Balaban J connectivity index is 1.88. The van der Waals surface area contributed by atoms with Crippen LogP contribution in [-0.4, -0.2) is 30.5 Å². The number of amides is 2. The molecular weight excluding hydrogens is 344 g/mol. The Morgan fingerprint density at radius 3 is 2.44 bits per heavy atom. The summed E-state index contributed by atoms with van der Waals surface area (Å²) in [6.45, 7) is 3.29. The molecule has 2 rings (SSSR count). The summed E-state index contributed by atoms with van der Waals surface area (Å²) in [4.78, 5) is 34.8. The fourth-order valence-corrected chi connectivity index (χ4v) is 2.69. The highest BCUT2D eigenvalue weighted by Crippen LogP contribution is 2.22. The molecule has 0 spiro atoms. The molecule has 0 fully saturated rings. The minimum atomic E-state index is -0.610. The van der Waals surface area contributed by atoms with Crippen molar-refractivity contribution in [1.82, 2.24) is 0 Å². The highest BCUT2D eigenvalue weighted by Gasteiger charge is 2.13. The van der Waals surface area contributed by atoms with Crippen molar-refractivity contribution >= 4 is 34.1 Å². The van der Waals surface area contributed by atoms with E-state index in [0.717, 1.165) is 0 Å². The molecule has 0 aliphatic heterocycles. The summed E-state index contributed by atoms with van der Waals surface area (Å²) in [5, 5.41) is 4.61. The van der Waals surface area contributed by atoms with Crippen LogP contribution in [0.25, 0.3) is 0 Å². The maximum absolute atomic E-state index is 11.9. The molecule has 0 atom stereocenters. The van der Waals surface area contributed by atoms with E-state index in [9.17, 15) is 14.4 Å². The fourth-order valence-electron chi connectivity index (χ4n) is 1.88. The van der Waals surface area contributed by atoms with Crippen molar-refractivity contribution in [3.63, 3.8) is 0 Å². The van der Waals surface area contributed by atoms with Gasteiger partial charge in [-0.1, -0.05) is 0 Å². The number of hydrogen-bond acceptors (Lipinski definition) is 6. The molecule has 25 heavy (non-hydrogen) atoms. The predicted molar refractivity (Wildman–Crippen MR) is 94.0 cm³/mol. The van der Waals surface area contributed by atoms with Crippen LogP contribution in [0.2, 0.25) is 0 Å². The summed E-state index contributed by atoms with van der Waals surface area (Å²) in [6.07, 6.45) is -0.199. The van der Waals surface area contributed by atoms with E-state index in [-0.39, 0.29) is 18.3 Å². The van der Waals surface area contributed by atoms with Gasteiger partial charge in [-0.15, -0.1) is 11.3 Å². The third-order valence-electron chi connectivity index (χ3n) is 2.99. The average molecular weight is 362 g/mol. The second-order valence-corrected chi connectivity index (χ2v) is 6.26. The van der Waals surface area contributed by atoms with Crippen molar-refractivity contribution < 1.29 is 23.9 Å². The van der Waals surface area contributed by atoms with Crippen molar-refractivity contribution in [2.24, 2.45) is 5.73 Å². The monoisotopic (exact) mass is 362 g/mol. The SMILES string of the molecule is CC(C)OC(=O)c1ccc(OCC(=O)Nc2sccc2C(N)=O)cc1. The number of nitrogens with two attached hydrogens (primary N) is 1. The Bertz CT molecular complexity index is 768. The lowest BCUT2D eigenvalue weighted by Gasteiger charge is -2.09. The number of esters is 1. The van der Waals surface area contributed by atoms with Crippen LogP contribution in [0.1, 0.15) is 34.6 Å². The number of thiophene rings is 1. The minimum Gasteiger partial charge on any atom is -0.484 e. The number of anilines is 1. The molecule has 0 aliphatic rings. The van der Waals surface area contributed by atoms with Crippen LogP contribution in [-0.2, 0) is 9.53 Å². The van der Waals surface area contributed by atoms with Crippen molar-refractivity contribution in [2.45, 2.75) is 20.0 Å². The molecule has 0 bridgehead atoms. The second kappa shape index (κ2) is 8.29. The molecule has 0 aliphatic carbocycles. The smallest absolute Gasteiger partial charge is 0.338 e. The maximum Gasteiger partial charge on any atom is 0.338 e. The van der Waals surface area contributed by atoms with Gasteiger partial charge in [0.1, 0.15) is 10.8 Å². The van der Waals surface area contributed by atoms with E-state index in [2.05, 4.69) is 5.32 Å². The van der Waals surface area contributed by atoms with Crippen LogP contribution in [0.3, 0.4) is 0 Å². The zero-order valence-electron chi connectivity index (χ0n) is 13.8. The van der Waals surface area contributed by atoms with E-state index < -0.39 is 17.8 Å². The molecule has 132 valence electrons. The number of nitrogens with one attached hydrogen (secondary N) is 1. The van der Waals surface area contributed by atoms with Gasteiger partial charge in [0.15, 0.2) is 6.61 Å². The van der Waals surface area contributed by atoms with Gasteiger partial charge in [0, 0.05) is 0 Å². The number of benzene rings is 1. The quantitative estimate of drug-likeness (QED) is 0.736. The van der Waals surface area contributed by atoms with Gasteiger partial charge in [-0.05, 0) is 49.6 Å². The standard InChI is InChI=1S/C17H18N2O5S/c1-10(2)24-17(22)11-3-5-12(6-4-11)23-9-14(20)19-16-13(15(18)21)7-8-25-16/h3-8,10H,9H2,1-2H3,(H2,18,21)(H,19,20). The topological polar surface area (TPSA) is 108 Å². The molecule has 3 N–H and O–H groups in total.